The summed E-state index contributed by atoms with van der Waals surface area (Å²) in [5.74, 6) is 0.477. The molecule has 2 fully saturated rings. The maximum atomic E-state index is 11.9. The summed E-state index contributed by atoms with van der Waals surface area (Å²) >= 11 is 0. The van der Waals surface area contributed by atoms with E-state index in [0.29, 0.717) is 6.04 Å². The van der Waals surface area contributed by atoms with Gasteiger partial charge in [0.1, 0.15) is 0 Å². The highest BCUT2D eigenvalue weighted by atomic mass is 16.2. The van der Waals surface area contributed by atoms with Crippen molar-refractivity contribution < 1.29 is 4.79 Å². The van der Waals surface area contributed by atoms with Crippen LogP contribution in [-0.2, 0) is 4.79 Å². The molecule has 2 rings (SSSR count). The average molecular weight is 211 g/mol. The summed E-state index contributed by atoms with van der Waals surface area (Å²) in [5.41, 5.74) is 0. The Kier molecular flexibility index (Phi) is 3.59. The molecule has 0 bridgehead atoms. The molecule has 4 nitrogen and oxygen atoms in total. The fourth-order valence-corrected chi connectivity index (χ4v) is 2.44. The lowest BCUT2D eigenvalue weighted by Gasteiger charge is -2.25. The van der Waals surface area contributed by atoms with Gasteiger partial charge in [-0.1, -0.05) is 0 Å². The van der Waals surface area contributed by atoms with Crippen LogP contribution < -0.4 is 10.6 Å². The summed E-state index contributed by atoms with van der Waals surface area (Å²) in [5, 5.41) is 6.47. The topological polar surface area (TPSA) is 44.4 Å². The molecule has 86 valence electrons. The van der Waals surface area contributed by atoms with Crippen LogP contribution in [-0.4, -0.2) is 50.1 Å². The minimum absolute atomic E-state index is 0.219. The fourth-order valence-electron chi connectivity index (χ4n) is 2.44. The largest absolute Gasteiger partial charge is 0.352 e. The third kappa shape index (κ3) is 2.92. The highest BCUT2D eigenvalue weighted by molar-refractivity contribution is 5.79. The summed E-state index contributed by atoms with van der Waals surface area (Å²) in [4.78, 5) is 14.1. The quantitative estimate of drug-likeness (QED) is 0.665. The second-order valence-corrected chi connectivity index (χ2v) is 4.80. The van der Waals surface area contributed by atoms with E-state index in [1.165, 1.54) is 6.42 Å². The minimum atomic E-state index is 0.219. The molecule has 2 aliphatic heterocycles. The molecule has 0 aromatic rings. The maximum Gasteiger partial charge on any atom is 0.224 e. The van der Waals surface area contributed by atoms with Gasteiger partial charge in [-0.15, -0.1) is 0 Å². The second kappa shape index (κ2) is 4.94. The lowest BCUT2D eigenvalue weighted by atomic mass is 10.0. The number of carbonyl (C=O) groups excluding carboxylic acids is 1. The molecule has 15 heavy (non-hydrogen) atoms. The van der Waals surface area contributed by atoms with E-state index in [1.807, 2.05) is 0 Å². The zero-order chi connectivity index (χ0) is 10.7. The smallest absolute Gasteiger partial charge is 0.224 e. The van der Waals surface area contributed by atoms with Crippen molar-refractivity contribution in [3.05, 3.63) is 0 Å². The molecule has 2 saturated heterocycles. The van der Waals surface area contributed by atoms with E-state index in [2.05, 4.69) is 22.6 Å². The predicted molar refractivity (Wildman–Crippen MR) is 59.6 cm³/mol. The van der Waals surface area contributed by atoms with E-state index in [-0.39, 0.29) is 11.8 Å². The van der Waals surface area contributed by atoms with E-state index < -0.39 is 0 Å². The molecule has 1 amide bonds. The number of likely N-dealkylation sites (tertiary alicyclic amines) is 1. The van der Waals surface area contributed by atoms with E-state index in [1.54, 1.807) is 0 Å². The van der Waals surface area contributed by atoms with Gasteiger partial charge in [-0.25, -0.2) is 0 Å². The Bertz CT molecular complexity index is 226. The number of carbonyl (C=O) groups is 1. The van der Waals surface area contributed by atoms with Gasteiger partial charge in [0.05, 0.1) is 5.92 Å². The van der Waals surface area contributed by atoms with Gasteiger partial charge < -0.3 is 15.5 Å². The van der Waals surface area contributed by atoms with Gasteiger partial charge >= 0.3 is 0 Å². The standard InChI is InChI=1S/C11H21N3O/c1-14-6-4-9(8-14)11(15)13-10-3-2-5-12-7-10/h9-10,12H,2-8H2,1H3,(H,13,15). The number of nitrogens with one attached hydrogen (secondary N) is 2. The Morgan fingerprint density at radius 2 is 2.33 bits per heavy atom. The lowest BCUT2D eigenvalue weighted by molar-refractivity contribution is -0.125. The number of amides is 1. The van der Waals surface area contributed by atoms with E-state index in [0.717, 1.165) is 39.0 Å². The van der Waals surface area contributed by atoms with E-state index in [4.69, 9.17) is 0 Å². The summed E-state index contributed by atoms with van der Waals surface area (Å²) < 4.78 is 0. The maximum absolute atomic E-state index is 11.9. The number of nitrogens with zero attached hydrogens (tertiary/aromatic N) is 1. The average Bonchev–Trinajstić information content (AvgIpc) is 2.66. The molecule has 2 heterocycles. The van der Waals surface area contributed by atoms with Crippen molar-refractivity contribution in [2.24, 2.45) is 5.92 Å². The fraction of sp³-hybridized carbons (Fsp3) is 0.909. The molecule has 2 atom stereocenters. The zero-order valence-corrected chi connectivity index (χ0v) is 9.46. The van der Waals surface area contributed by atoms with Crippen LogP contribution >= 0.6 is 0 Å². The normalized spacial score (nSPS) is 32.9. The molecule has 0 saturated carbocycles. The molecule has 2 unspecified atom stereocenters. The van der Waals surface area contributed by atoms with Crippen LogP contribution in [0.1, 0.15) is 19.3 Å². The van der Waals surface area contributed by atoms with Crippen molar-refractivity contribution in [2.45, 2.75) is 25.3 Å². The highest BCUT2D eigenvalue weighted by Gasteiger charge is 2.27. The summed E-state index contributed by atoms with van der Waals surface area (Å²) in [7, 11) is 2.08. The first-order chi connectivity index (χ1) is 7.25. The number of hydrogen-bond acceptors (Lipinski definition) is 3. The third-order valence-electron chi connectivity index (χ3n) is 3.41. The third-order valence-corrected chi connectivity index (χ3v) is 3.41. The van der Waals surface area contributed by atoms with Crippen molar-refractivity contribution in [2.75, 3.05) is 33.2 Å². The molecular formula is C11H21N3O. The first-order valence-electron chi connectivity index (χ1n) is 5.95. The molecule has 4 heteroatoms. The Morgan fingerprint density at radius 1 is 1.47 bits per heavy atom. The van der Waals surface area contributed by atoms with Crippen LogP contribution in [0.2, 0.25) is 0 Å². The van der Waals surface area contributed by atoms with Crippen molar-refractivity contribution in [3.63, 3.8) is 0 Å². The molecule has 2 aliphatic rings. The van der Waals surface area contributed by atoms with Crippen LogP contribution in [0, 0.1) is 5.92 Å². The Balaban J connectivity index is 1.76. The van der Waals surface area contributed by atoms with Crippen LogP contribution in [0.3, 0.4) is 0 Å². The highest BCUT2D eigenvalue weighted by Crippen LogP contribution is 2.15. The number of hydrogen-bond donors (Lipinski definition) is 2. The van der Waals surface area contributed by atoms with Crippen molar-refractivity contribution in [1.82, 2.24) is 15.5 Å². The van der Waals surface area contributed by atoms with Crippen LogP contribution in [0.25, 0.3) is 0 Å². The van der Waals surface area contributed by atoms with Crippen LogP contribution in [0.4, 0.5) is 0 Å². The van der Waals surface area contributed by atoms with Gasteiger partial charge in [0.2, 0.25) is 5.91 Å². The first kappa shape index (κ1) is 10.9. The van der Waals surface area contributed by atoms with Crippen molar-refractivity contribution in [1.29, 1.82) is 0 Å². The van der Waals surface area contributed by atoms with Gasteiger partial charge in [0.25, 0.3) is 0 Å². The molecular weight excluding hydrogens is 190 g/mol. The second-order valence-electron chi connectivity index (χ2n) is 4.80. The van der Waals surface area contributed by atoms with Crippen molar-refractivity contribution in [3.8, 4) is 0 Å². The van der Waals surface area contributed by atoms with Gasteiger partial charge in [0.15, 0.2) is 0 Å². The molecule has 2 N–H and O–H groups in total. The summed E-state index contributed by atoms with van der Waals surface area (Å²) in [6, 6.07) is 0.358. The van der Waals surface area contributed by atoms with Crippen molar-refractivity contribution >= 4 is 5.91 Å². The number of piperidine rings is 1. The van der Waals surface area contributed by atoms with Gasteiger partial charge in [-0.2, -0.15) is 0 Å². The predicted octanol–water partition coefficient (Wildman–Crippen LogP) is -0.194. The van der Waals surface area contributed by atoms with E-state index in [9.17, 15) is 4.79 Å². The SMILES string of the molecule is CN1CCC(C(=O)NC2CCCNC2)C1. The molecule has 0 aromatic heterocycles. The lowest BCUT2D eigenvalue weighted by Crippen LogP contribution is -2.47. The van der Waals surface area contributed by atoms with E-state index >= 15 is 0 Å². The molecule has 0 aliphatic carbocycles. The Labute approximate surface area is 91.4 Å². The Hall–Kier alpha value is -0.610. The van der Waals surface area contributed by atoms with Crippen LogP contribution in [0.15, 0.2) is 0 Å². The Morgan fingerprint density at radius 3 is 2.93 bits per heavy atom. The van der Waals surface area contributed by atoms with Crippen LogP contribution in [0.5, 0.6) is 0 Å². The monoisotopic (exact) mass is 211 g/mol. The first-order valence-corrected chi connectivity index (χ1v) is 5.95. The summed E-state index contributed by atoms with van der Waals surface area (Å²) in [6.07, 6.45) is 3.32. The molecule has 0 spiro atoms. The van der Waals surface area contributed by atoms with Gasteiger partial charge in [0, 0.05) is 19.1 Å². The zero-order valence-electron chi connectivity index (χ0n) is 9.46. The molecule has 0 aromatic carbocycles. The van der Waals surface area contributed by atoms with Gasteiger partial charge in [-0.05, 0) is 39.4 Å². The number of rotatable bonds is 2. The van der Waals surface area contributed by atoms with Gasteiger partial charge in [-0.3, -0.25) is 4.79 Å². The minimum Gasteiger partial charge on any atom is -0.352 e. The molecule has 0 radical (unpaired) electrons. The summed E-state index contributed by atoms with van der Waals surface area (Å²) in [6.45, 7) is 4.01.